The van der Waals surface area contributed by atoms with Crippen molar-refractivity contribution < 1.29 is 9.53 Å². The van der Waals surface area contributed by atoms with Crippen molar-refractivity contribution in [2.24, 2.45) is 11.7 Å². The van der Waals surface area contributed by atoms with Gasteiger partial charge in [0.05, 0.1) is 0 Å². The first-order valence-electron chi connectivity index (χ1n) is 4.56. The number of ether oxygens (including phenoxy) is 1. The number of hydrogen-bond acceptors (Lipinski definition) is 3. The highest BCUT2D eigenvalue weighted by Crippen LogP contribution is 2.01. The number of Topliss-reactive ketones (excluding diaryl/α,β-unsaturated/α-hetero) is 1. The molecule has 0 spiro atoms. The molecule has 0 heterocycles. The van der Waals surface area contributed by atoms with Crippen LogP contribution >= 0.6 is 0 Å². The Hall–Kier alpha value is -0.410. The van der Waals surface area contributed by atoms with Gasteiger partial charge >= 0.3 is 0 Å². The first-order chi connectivity index (χ1) is 5.76. The molecule has 2 N–H and O–H groups in total. The molecule has 0 radical (unpaired) electrons. The minimum Gasteiger partial charge on any atom is -0.374 e. The van der Waals surface area contributed by atoms with Crippen LogP contribution in [0, 0.1) is 5.92 Å². The molecule has 0 aliphatic carbocycles. The van der Waals surface area contributed by atoms with Crippen molar-refractivity contribution in [3.05, 3.63) is 0 Å². The maximum absolute atomic E-state index is 11.3. The Balaban J connectivity index is 3.54. The van der Waals surface area contributed by atoms with Gasteiger partial charge in [-0.3, -0.25) is 4.79 Å². The zero-order valence-corrected chi connectivity index (χ0v) is 8.01. The van der Waals surface area contributed by atoms with Crippen LogP contribution in [0.5, 0.6) is 0 Å². The van der Waals surface area contributed by atoms with Crippen molar-refractivity contribution in [2.45, 2.75) is 26.7 Å². The number of ketones is 1. The lowest BCUT2D eigenvalue weighted by molar-refractivity contribution is -0.127. The molecule has 1 unspecified atom stereocenters. The molecule has 0 rings (SSSR count). The third-order valence-electron chi connectivity index (χ3n) is 1.83. The van der Waals surface area contributed by atoms with Gasteiger partial charge in [0.2, 0.25) is 0 Å². The molecular weight excluding hydrogens is 154 g/mol. The van der Waals surface area contributed by atoms with E-state index in [2.05, 4.69) is 0 Å². The summed E-state index contributed by atoms with van der Waals surface area (Å²) in [5.41, 5.74) is 5.41. The fraction of sp³-hybridized carbons (Fsp3) is 0.889. The van der Waals surface area contributed by atoms with E-state index >= 15 is 0 Å². The topological polar surface area (TPSA) is 52.3 Å². The van der Waals surface area contributed by atoms with Gasteiger partial charge in [-0.05, 0) is 12.8 Å². The minimum absolute atomic E-state index is 0.0122. The molecular formula is C9H19NO2. The predicted molar refractivity (Wildman–Crippen MR) is 49.0 cm³/mol. The van der Waals surface area contributed by atoms with Crippen LogP contribution < -0.4 is 5.73 Å². The second-order valence-electron chi connectivity index (χ2n) is 2.86. The lowest BCUT2D eigenvalue weighted by Gasteiger charge is -2.10. The van der Waals surface area contributed by atoms with Crippen molar-refractivity contribution in [3.63, 3.8) is 0 Å². The molecule has 0 saturated carbocycles. The van der Waals surface area contributed by atoms with E-state index < -0.39 is 0 Å². The molecule has 0 aromatic carbocycles. The summed E-state index contributed by atoms with van der Waals surface area (Å²) in [7, 11) is 0. The van der Waals surface area contributed by atoms with Gasteiger partial charge < -0.3 is 10.5 Å². The number of carbonyl (C=O) groups is 1. The Morgan fingerprint density at radius 1 is 1.50 bits per heavy atom. The van der Waals surface area contributed by atoms with Gasteiger partial charge in [0.1, 0.15) is 6.61 Å². The monoisotopic (exact) mass is 173 g/mol. The summed E-state index contributed by atoms with van der Waals surface area (Å²) < 4.78 is 5.12. The SMILES string of the molecule is CCCOCC(=O)C(CC)CN. The normalized spacial score (nSPS) is 12.9. The van der Waals surface area contributed by atoms with Crippen LogP contribution in [-0.2, 0) is 9.53 Å². The van der Waals surface area contributed by atoms with Crippen LogP contribution in [0.15, 0.2) is 0 Å². The molecule has 0 saturated heterocycles. The van der Waals surface area contributed by atoms with E-state index in [0.29, 0.717) is 13.2 Å². The summed E-state index contributed by atoms with van der Waals surface area (Å²) in [5, 5.41) is 0. The number of nitrogens with two attached hydrogens (primary N) is 1. The highest BCUT2D eigenvalue weighted by atomic mass is 16.5. The summed E-state index contributed by atoms with van der Waals surface area (Å²) in [6, 6.07) is 0. The molecule has 0 aliphatic rings. The summed E-state index contributed by atoms with van der Waals surface area (Å²) in [5.74, 6) is 0.121. The van der Waals surface area contributed by atoms with Gasteiger partial charge in [0, 0.05) is 19.1 Å². The average molecular weight is 173 g/mol. The van der Waals surface area contributed by atoms with E-state index in [1.807, 2.05) is 13.8 Å². The average Bonchev–Trinajstić information content (AvgIpc) is 2.07. The lowest BCUT2D eigenvalue weighted by atomic mass is 10.0. The van der Waals surface area contributed by atoms with Gasteiger partial charge in [0.15, 0.2) is 5.78 Å². The first kappa shape index (κ1) is 11.6. The van der Waals surface area contributed by atoms with E-state index in [0.717, 1.165) is 12.8 Å². The van der Waals surface area contributed by atoms with Crippen molar-refractivity contribution in [2.75, 3.05) is 19.8 Å². The van der Waals surface area contributed by atoms with Crippen LogP contribution in [0.2, 0.25) is 0 Å². The lowest BCUT2D eigenvalue weighted by Crippen LogP contribution is -2.26. The highest BCUT2D eigenvalue weighted by Gasteiger charge is 2.13. The Morgan fingerprint density at radius 3 is 2.58 bits per heavy atom. The van der Waals surface area contributed by atoms with Crippen LogP contribution in [-0.4, -0.2) is 25.5 Å². The highest BCUT2D eigenvalue weighted by molar-refractivity contribution is 5.82. The second-order valence-corrected chi connectivity index (χ2v) is 2.86. The van der Waals surface area contributed by atoms with Crippen LogP contribution in [0.4, 0.5) is 0 Å². The van der Waals surface area contributed by atoms with Crippen molar-refractivity contribution >= 4 is 5.78 Å². The molecule has 0 aromatic heterocycles. The molecule has 1 atom stereocenters. The van der Waals surface area contributed by atoms with E-state index in [1.54, 1.807) is 0 Å². The number of hydrogen-bond donors (Lipinski definition) is 1. The molecule has 0 amide bonds. The van der Waals surface area contributed by atoms with Crippen molar-refractivity contribution in [1.29, 1.82) is 0 Å². The third kappa shape index (κ3) is 4.46. The molecule has 3 nitrogen and oxygen atoms in total. The van der Waals surface area contributed by atoms with Gasteiger partial charge in [-0.2, -0.15) is 0 Å². The fourth-order valence-electron chi connectivity index (χ4n) is 0.961. The van der Waals surface area contributed by atoms with Crippen molar-refractivity contribution in [1.82, 2.24) is 0 Å². The molecule has 12 heavy (non-hydrogen) atoms. The van der Waals surface area contributed by atoms with Gasteiger partial charge in [-0.25, -0.2) is 0 Å². The largest absolute Gasteiger partial charge is 0.374 e. The zero-order valence-electron chi connectivity index (χ0n) is 8.01. The van der Waals surface area contributed by atoms with E-state index in [9.17, 15) is 4.79 Å². The quantitative estimate of drug-likeness (QED) is 0.583. The minimum atomic E-state index is -0.0122. The molecule has 72 valence electrons. The van der Waals surface area contributed by atoms with Gasteiger partial charge in [0.25, 0.3) is 0 Å². The number of rotatable bonds is 7. The van der Waals surface area contributed by atoms with E-state index in [4.69, 9.17) is 10.5 Å². The summed E-state index contributed by atoms with van der Waals surface area (Å²) in [4.78, 5) is 11.3. The predicted octanol–water partition coefficient (Wildman–Crippen LogP) is 0.967. The van der Waals surface area contributed by atoms with Gasteiger partial charge in [-0.15, -0.1) is 0 Å². The summed E-state index contributed by atoms with van der Waals surface area (Å²) in [6.07, 6.45) is 1.76. The van der Waals surface area contributed by atoms with Gasteiger partial charge in [-0.1, -0.05) is 13.8 Å². The first-order valence-corrected chi connectivity index (χ1v) is 4.56. The van der Waals surface area contributed by atoms with Crippen LogP contribution in [0.3, 0.4) is 0 Å². The third-order valence-corrected chi connectivity index (χ3v) is 1.83. The Labute approximate surface area is 74.3 Å². The van der Waals surface area contributed by atoms with Crippen LogP contribution in [0.1, 0.15) is 26.7 Å². The molecule has 0 aliphatic heterocycles. The van der Waals surface area contributed by atoms with Crippen LogP contribution in [0.25, 0.3) is 0 Å². The standard InChI is InChI=1S/C9H19NO2/c1-3-5-12-7-9(11)8(4-2)6-10/h8H,3-7,10H2,1-2H3. The van der Waals surface area contributed by atoms with E-state index in [1.165, 1.54) is 0 Å². The van der Waals surface area contributed by atoms with E-state index in [-0.39, 0.29) is 18.3 Å². The maximum atomic E-state index is 11.3. The zero-order chi connectivity index (χ0) is 9.40. The molecule has 0 aromatic rings. The fourth-order valence-corrected chi connectivity index (χ4v) is 0.961. The Bertz CT molecular complexity index is 122. The summed E-state index contributed by atoms with van der Waals surface area (Å²) >= 11 is 0. The molecule has 0 fully saturated rings. The van der Waals surface area contributed by atoms with Crippen molar-refractivity contribution in [3.8, 4) is 0 Å². The molecule has 0 bridgehead atoms. The Kier molecular flexibility index (Phi) is 7.00. The smallest absolute Gasteiger partial charge is 0.162 e. The molecule has 3 heteroatoms. The Morgan fingerprint density at radius 2 is 2.17 bits per heavy atom. The maximum Gasteiger partial charge on any atom is 0.162 e. The summed E-state index contributed by atoms with van der Waals surface area (Å²) in [6.45, 7) is 5.31. The number of carbonyl (C=O) groups excluding carboxylic acids is 1. The second kappa shape index (κ2) is 7.25.